The maximum atomic E-state index is 7.11. The van der Waals surface area contributed by atoms with Gasteiger partial charge in [0.1, 0.15) is 11.6 Å². The van der Waals surface area contributed by atoms with Crippen LogP contribution < -0.4 is 0 Å². The van der Waals surface area contributed by atoms with Crippen LogP contribution in [0.15, 0.2) is 144 Å². The molecule has 182 valence electrons. The summed E-state index contributed by atoms with van der Waals surface area (Å²) in [6, 6.07) is 45.5. The topological polar surface area (TPSA) is 30.8 Å². The lowest BCUT2D eigenvalue weighted by atomic mass is 9.80. The average molecular weight is 502 g/mol. The van der Waals surface area contributed by atoms with Gasteiger partial charge in [-0.15, -0.1) is 11.3 Å². The third kappa shape index (κ3) is 4.62. The Hall–Kier alpha value is -3.99. The monoisotopic (exact) mass is 501 g/mol. The third-order valence-electron chi connectivity index (χ3n) is 6.74. The van der Waals surface area contributed by atoms with Crippen LogP contribution in [-0.4, -0.2) is 18.5 Å². The van der Waals surface area contributed by atoms with E-state index in [1.807, 2.05) is 47.8 Å². The Balaban J connectivity index is 1.44. The van der Waals surface area contributed by atoms with Crippen molar-refractivity contribution in [3.63, 3.8) is 0 Å². The van der Waals surface area contributed by atoms with Crippen LogP contribution in [0.2, 0.25) is 0 Å². The predicted octanol–water partition coefficient (Wildman–Crippen LogP) is 7.64. The van der Waals surface area contributed by atoms with Gasteiger partial charge in [-0.3, -0.25) is 0 Å². The zero-order valence-electron chi connectivity index (χ0n) is 20.3. The van der Waals surface area contributed by atoms with Gasteiger partial charge in [-0.25, -0.2) is 4.99 Å². The summed E-state index contributed by atoms with van der Waals surface area (Å²) >= 11 is 1.64. The fourth-order valence-corrected chi connectivity index (χ4v) is 5.67. The Morgan fingerprint density at radius 1 is 0.649 bits per heavy atom. The highest BCUT2D eigenvalue weighted by atomic mass is 32.1. The van der Waals surface area contributed by atoms with E-state index < -0.39 is 5.60 Å². The highest BCUT2D eigenvalue weighted by molar-refractivity contribution is 7.12. The van der Waals surface area contributed by atoms with Gasteiger partial charge in [0.05, 0.1) is 11.5 Å². The Morgan fingerprint density at radius 3 is 1.65 bits per heavy atom. The normalized spacial score (nSPS) is 17.2. The van der Waals surface area contributed by atoms with Gasteiger partial charge >= 0.3 is 0 Å². The van der Waals surface area contributed by atoms with Crippen molar-refractivity contribution in [2.24, 2.45) is 4.99 Å². The van der Waals surface area contributed by atoms with E-state index in [-0.39, 0.29) is 12.1 Å². The van der Waals surface area contributed by atoms with Crippen molar-refractivity contribution in [2.45, 2.75) is 17.7 Å². The summed E-state index contributed by atoms with van der Waals surface area (Å²) in [6.07, 6.45) is -0.224. The maximum absolute atomic E-state index is 7.11. The number of rotatable bonds is 8. The third-order valence-corrected chi connectivity index (χ3v) is 7.60. The number of nitrogens with zero attached hydrogens (tertiary/aromatic N) is 1. The summed E-state index contributed by atoms with van der Waals surface area (Å²) < 4.78 is 13.6. The van der Waals surface area contributed by atoms with Crippen LogP contribution in [0.1, 0.15) is 33.2 Å². The molecule has 5 aromatic rings. The van der Waals surface area contributed by atoms with E-state index >= 15 is 0 Å². The molecule has 0 bridgehead atoms. The van der Waals surface area contributed by atoms with Gasteiger partial charge in [-0.05, 0) is 33.7 Å². The molecule has 4 heteroatoms. The minimum atomic E-state index is -0.799. The molecule has 37 heavy (non-hydrogen) atoms. The molecule has 1 aromatic heterocycles. The van der Waals surface area contributed by atoms with Crippen molar-refractivity contribution in [3.8, 4) is 0 Å². The summed E-state index contributed by atoms with van der Waals surface area (Å²) in [6.45, 7) is 0.382. The lowest BCUT2D eigenvalue weighted by Gasteiger charge is -2.37. The van der Waals surface area contributed by atoms with Crippen molar-refractivity contribution in [3.05, 3.63) is 166 Å². The van der Waals surface area contributed by atoms with Crippen LogP contribution in [0.5, 0.6) is 0 Å². The summed E-state index contributed by atoms with van der Waals surface area (Å²) in [5.41, 5.74) is 3.52. The van der Waals surface area contributed by atoms with Crippen LogP contribution in [0.3, 0.4) is 0 Å². The molecule has 2 heterocycles. The van der Waals surface area contributed by atoms with Crippen molar-refractivity contribution in [1.82, 2.24) is 0 Å². The number of ether oxygens (including phenoxy) is 2. The van der Waals surface area contributed by atoms with Gasteiger partial charge in [0, 0.05) is 0 Å². The molecule has 0 unspecified atom stereocenters. The van der Waals surface area contributed by atoms with Crippen molar-refractivity contribution in [2.75, 3.05) is 6.61 Å². The van der Waals surface area contributed by atoms with Crippen molar-refractivity contribution >= 4 is 17.2 Å². The van der Waals surface area contributed by atoms with Gasteiger partial charge < -0.3 is 9.47 Å². The van der Waals surface area contributed by atoms with Gasteiger partial charge in [0.15, 0.2) is 6.10 Å². The fraction of sp³-hybridized carbons (Fsp3) is 0.121. The molecule has 1 aliphatic heterocycles. The molecule has 0 spiro atoms. The van der Waals surface area contributed by atoms with Crippen molar-refractivity contribution < 1.29 is 9.47 Å². The second-order valence-electron chi connectivity index (χ2n) is 9.02. The van der Waals surface area contributed by atoms with Crippen LogP contribution in [-0.2, 0) is 15.1 Å². The molecule has 2 atom stereocenters. The van der Waals surface area contributed by atoms with Crippen LogP contribution >= 0.6 is 11.3 Å². The molecule has 0 saturated heterocycles. The van der Waals surface area contributed by atoms with E-state index in [0.29, 0.717) is 12.5 Å². The Bertz CT molecular complexity index is 1340. The Labute approximate surface area is 221 Å². The molecular formula is C33H27NO2S. The summed E-state index contributed by atoms with van der Waals surface area (Å²) in [4.78, 5) is 6.08. The van der Waals surface area contributed by atoms with E-state index in [1.165, 1.54) is 0 Å². The maximum Gasteiger partial charge on any atom is 0.227 e. The predicted molar refractivity (Wildman–Crippen MR) is 150 cm³/mol. The van der Waals surface area contributed by atoms with Gasteiger partial charge in [0.2, 0.25) is 5.90 Å². The largest absolute Gasteiger partial charge is 0.466 e. The molecule has 0 aliphatic carbocycles. The molecule has 1 aliphatic rings. The molecule has 0 fully saturated rings. The number of hydrogen-bond acceptors (Lipinski definition) is 4. The molecule has 0 saturated carbocycles. The van der Waals surface area contributed by atoms with Gasteiger partial charge in [0.25, 0.3) is 0 Å². The number of aliphatic imine (C=N–C) groups is 1. The average Bonchev–Trinajstić information content (AvgIpc) is 3.66. The smallest absolute Gasteiger partial charge is 0.227 e. The molecule has 3 nitrogen and oxygen atoms in total. The zero-order valence-corrected chi connectivity index (χ0v) is 21.1. The molecular weight excluding hydrogens is 474 g/mol. The Morgan fingerprint density at radius 2 is 1.16 bits per heavy atom. The summed E-state index contributed by atoms with van der Waals surface area (Å²) in [5, 5.41) is 2.05. The van der Waals surface area contributed by atoms with Gasteiger partial charge in [-0.2, -0.15) is 0 Å². The fourth-order valence-electron chi connectivity index (χ4n) is 5.01. The summed E-state index contributed by atoms with van der Waals surface area (Å²) in [5.74, 6) is 0.683. The first-order valence-corrected chi connectivity index (χ1v) is 13.4. The van der Waals surface area contributed by atoms with Crippen molar-refractivity contribution in [1.29, 1.82) is 0 Å². The first-order chi connectivity index (χ1) is 18.3. The highest BCUT2D eigenvalue weighted by Crippen LogP contribution is 2.42. The van der Waals surface area contributed by atoms with Crippen LogP contribution in [0, 0.1) is 0 Å². The molecule has 0 amide bonds. The second-order valence-corrected chi connectivity index (χ2v) is 9.97. The first-order valence-electron chi connectivity index (χ1n) is 12.5. The number of thiophene rings is 1. The molecule has 6 rings (SSSR count). The molecule has 4 aromatic carbocycles. The van der Waals surface area contributed by atoms with Crippen LogP contribution in [0.4, 0.5) is 0 Å². The second kappa shape index (κ2) is 10.6. The molecule has 0 N–H and O–H groups in total. The molecule has 0 radical (unpaired) electrons. The van der Waals surface area contributed by atoms with E-state index in [2.05, 4.69) is 91.0 Å². The SMILES string of the molecule is c1ccc([C@@H]2OC(c3cccs3)=N[C@H]2COC(c2ccccc2)(c2ccccc2)c2ccccc2)cc1. The highest BCUT2D eigenvalue weighted by Gasteiger charge is 2.41. The minimum Gasteiger partial charge on any atom is -0.466 e. The standard InChI is InChI=1S/C33H27NO2S/c1-5-14-25(15-6-1)31-29(34-32(36-31)30-22-13-23-37-30)24-35-33(26-16-7-2-8-17-26,27-18-9-3-10-19-27)28-20-11-4-12-21-28/h1-23,29,31H,24H2/t29-,31-/m0/s1. The van der Waals surface area contributed by atoms with E-state index in [1.54, 1.807) is 11.3 Å². The van der Waals surface area contributed by atoms with Crippen LogP contribution in [0.25, 0.3) is 0 Å². The number of benzene rings is 4. The number of hydrogen-bond donors (Lipinski definition) is 0. The zero-order chi connectivity index (χ0) is 24.9. The summed E-state index contributed by atoms with van der Waals surface area (Å²) in [7, 11) is 0. The van der Waals surface area contributed by atoms with E-state index in [9.17, 15) is 0 Å². The Kier molecular flexibility index (Phi) is 6.68. The lowest BCUT2D eigenvalue weighted by molar-refractivity contribution is -0.00723. The quantitative estimate of drug-likeness (QED) is 0.205. The van der Waals surface area contributed by atoms with Gasteiger partial charge in [-0.1, -0.05) is 127 Å². The lowest BCUT2D eigenvalue weighted by Crippen LogP contribution is -2.36. The van der Waals surface area contributed by atoms with E-state index in [0.717, 1.165) is 27.1 Å². The minimum absolute atomic E-state index is 0.199. The van der Waals surface area contributed by atoms with E-state index in [4.69, 9.17) is 14.5 Å². The first kappa shape index (κ1) is 23.4.